The van der Waals surface area contributed by atoms with E-state index in [4.69, 9.17) is 0 Å². The van der Waals surface area contributed by atoms with Gasteiger partial charge in [0.1, 0.15) is 0 Å². The van der Waals surface area contributed by atoms with Crippen molar-refractivity contribution in [1.29, 1.82) is 0 Å². The van der Waals surface area contributed by atoms with Crippen LogP contribution in [-0.4, -0.2) is 13.1 Å². The molecule has 1 nitrogen and oxygen atoms in total. The van der Waals surface area contributed by atoms with Crippen LogP contribution in [0.5, 0.6) is 0 Å². The maximum Gasteiger partial charge on any atom is 0.00615 e. The molecule has 1 unspecified atom stereocenters. The van der Waals surface area contributed by atoms with Crippen LogP contribution in [0.2, 0.25) is 0 Å². The molecule has 0 aromatic carbocycles. The van der Waals surface area contributed by atoms with E-state index < -0.39 is 0 Å². The van der Waals surface area contributed by atoms with E-state index in [1.165, 1.54) is 38.5 Å². The maximum atomic E-state index is 3.39. The van der Waals surface area contributed by atoms with Gasteiger partial charge in [-0.1, -0.05) is 46.3 Å². The summed E-state index contributed by atoms with van der Waals surface area (Å²) in [5.74, 6) is 0. The lowest BCUT2D eigenvalue weighted by Gasteiger charge is -2.21. The fourth-order valence-corrected chi connectivity index (χ4v) is 2.36. The predicted octanol–water partition coefficient (Wildman–Crippen LogP) is 4.93. The second-order valence-electron chi connectivity index (χ2n) is 6.29. The zero-order valence-corrected chi connectivity index (χ0v) is 12.9. The minimum Gasteiger partial charge on any atom is -0.317 e. The topological polar surface area (TPSA) is 12.0 Å². The Kier molecular flexibility index (Phi) is 8.59. The third kappa shape index (κ3) is 9.41. The third-order valence-electron chi connectivity index (χ3n) is 3.20. The largest absolute Gasteiger partial charge is 0.317 e. The van der Waals surface area contributed by atoms with Crippen molar-refractivity contribution in [2.75, 3.05) is 7.05 Å². The molecule has 0 saturated carbocycles. The van der Waals surface area contributed by atoms with Crippen LogP contribution in [0.25, 0.3) is 0 Å². The molecule has 0 radical (unpaired) electrons. The molecule has 0 spiro atoms. The van der Waals surface area contributed by atoms with Gasteiger partial charge in [-0.2, -0.15) is 0 Å². The fraction of sp³-hybridized carbons (Fsp3) is 0.875. The van der Waals surface area contributed by atoms with Gasteiger partial charge in [0.25, 0.3) is 0 Å². The molecule has 0 aromatic rings. The van der Waals surface area contributed by atoms with Crippen LogP contribution in [0.4, 0.5) is 0 Å². The first-order chi connectivity index (χ1) is 7.92. The van der Waals surface area contributed by atoms with Gasteiger partial charge in [-0.15, -0.1) is 0 Å². The van der Waals surface area contributed by atoms with E-state index in [9.17, 15) is 0 Å². The summed E-state index contributed by atoms with van der Waals surface area (Å²) in [6.45, 7) is 11.5. The molecule has 1 heteroatoms. The maximum absolute atomic E-state index is 3.39. The Morgan fingerprint density at radius 1 is 1.24 bits per heavy atom. The first kappa shape index (κ1) is 16.7. The van der Waals surface area contributed by atoms with Gasteiger partial charge >= 0.3 is 0 Å². The highest BCUT2D eigenvalue weighted by atomic mass is 14.9. The molecule has 0 aliphatic rings. The number of allylic oxidation sites excluding steroid dienone is 2. The van der Waals surface area contributed by atoms with E-state index >= 15 is 0 Å². The first-order valence-corrected chi connectivity index (χ1v) is 7.28. The minimum atomic E-state index is 0.425. The quantitative estimate of drug-likeness (QED) is 0.592. The van der Waals surface area contributed by atoms with Crippen LogP contribution < -0.4 is 5.32 Å². The summed E-state index contributed by atoms with van der Waals surface area (Å²) in [7, 11) is 2.08. The van der Waals surface area contributed by atoms with Crippen LogP contribution >= 0.6 is 0 Å². The van der Waals surface area contributed by atoms with Gasteiger partial charge in [0.05, 0.1) is 0 Å². The lowest BCUT2D eigenvalue weighted by atomic mass is 9.85. The zero-order valence-electron chi connectivity index (χ0n) is 12.9. The van der Waals surface area contributed by atoms with E-state index in [2.05, 4.69) is 53.1 Å². The molecule has 0 aromatic heterocycles. The Morgan fingerprint density at radius 3 is 2.29 bits per heavy atom. The molecule has 0 saturated heterocycles. The third-order valence-corrected chi connectivity index (χ3v) is 3.20. The van der Waals surface area contributed by atoms with E-state index in [1.807, 2.05) is 0 Å². The van der Waals surface area contributed by atoms with Crippen molar-refractivity contribution < 1.29 is 0 Å². The fourth-order valence-electron chi connectivity index (χ4n) is 2.36. The van der Waals surface area contributed by atoms with Crippen molar-refractivity contribution in [3.63, 3.8) is 0 Å². The van der Waals surface area contributed by atoms with Gasteiger partial charge in [-0.05, 0) is 51.0 Å². The number of hydrogen-bond acceptors (Lipinski definition) is 1. The smallest absolute Gasteiger partial charge is 0.00615 e. The number of nitrogens with one attached hydrogen (secondary N) is 1. The van der Waals surface area contributed by atoms with Crippen LogP contribution in [-0.2, 0) is 0 Å². The Balaban J connectivity index is 4.07. The molecule has 0 bridgehead atoms. The van der Waals surface area contributed by atoms with E-state index in [0.717, 1.165) is 0 Å². The van der Waals surface area contributed by atoms with Crippen LogP contribution in [0.15, 0.2) is 11.6 Å². The molecule has 0 amide bonds. The van der Waals surface area contributed by atoms with E-state index in [1.54, 1.807) is 5.57 Å². The van der Waals surface area contributed by atoms with Crippen molar-refractivity contribution in [2.45, 2.75) is 79.2 Å². The summed E-state index contributed by atoms with van der Waals surface area (Å²) in [4.78, 5) is 0. The second-order valence-corrected chi connectivity index (χ2v) is 6.29. The lowest BCUT2D eigenvalue weighted by Crippen LogP contribution is -2.23. The molecule has 0 heterocycles. The highest BCUT2D eigenvalue weighted by Crippen LogP contribution is 2.27. The summed E-state index contributed by atoms with van der Waals surface area (Å²) in [6.07, 6.45) is 10.0. The number of hydrogen-bond donors (Lipinski definition) is 1. The molecular weight excluding hydrogens is 206 g/mol. The Hall–Kier alpha value is -0.300. The summed E-state index contributed by atoms with van der Waals surface area (Å²) < 4.78 is 0. The van der Waals surface area contributed by atoms with Gasteiger partial charge in [-0.25, -0.2) is 0 Å². The van der Waals surface area contributed by atoms with Crippen LogP contribution in [0, 0.1) is 5.41 Å². The van der Waals surface area contributed by atoms with Crippen molar-refractivity contribution in [1.82, 2.24) is 5.32 Å². The average Bonchev–Trinajstić information content (AvgIpc) is 2.22. The molecular formula is C16H33N. The summed E-state index contributed by atoms with van der Waals surface area (Å²) in [6, 6.07) is 0.701. The predicted molar refractivity (Wildman–Crippen MR) is 79.4 cm³/mol. The lowest BCUT2D eigenvalue weighted by molar-refractivity contribution is 0.399. The molecule has 1 N–H and O–H groups in total. The monoisotopic (exact) mass is 239 g/mol. The van der Waals surface area contributed by atoms with Gasteiger partial charge in [-0.3, -0.25) is 0 Å². The average molecular weight is 239 g/mol. The second kappa shape index (κ2) is 8.74. The highest BCUT2D eigenvalue weighted by Gasteiger charge is 2.13. The summed E-state index contributed by atoms with van der Waals surface area (Å²) >= 11 is 0. The minimum absolute atomic E-state index is 0.425. The number of rotatable bonds is 8. The normalized spacial score (nSPS) is 15.1. The Bertz CT molecular complexity index is 206. The first-order valence-electron chi connectivity index (χ1n) is 7.28. The van der Waals surface area contributed by atoms with Crippen molar-refractivity contribution in [3.8, 4) is 0 Å². The standard InChI is InChI=1S/C16H33N/c1-7-10-14(13-16(3,4)5)11-9-12-15(8-2)17-6/h10,15,17H,7-9,11-13H2,1-6H3/b14-10+. The van der Waals surface area contributed by atoms with Gasteiger partial charge in [0.15, 0.2) is 0 Å². The molecule has 102 valence electrons. The van der Waals surface area contributed by atoms with Gasteiger partial charge in [0, 0.05) is 6.04 Å². The summed E-state index contributed by atoms with van der Waals surface area (Å²) in [5.41, 5.74) is 2.08. The zero-order chi connectivity index (χ0) is 13.3. The van der Waals surface area contributed by atoms with Gasteiger partial charge < -0.3 is 5.32 Å². The molecule has 17 heavy (non-hydrogen) atoms. The molecule has 0 fully saturated rings. The van der Waals surface area contributed by atoms with Crippen LogP contribution in [0.1, 0.15) is 73.1 Å². The highest BCUT2D eigenvalue weighted by molar-refractivity contribution is 5.04. The van der Waals surface area contributed by atoms with E-state index in [0.29, 0.717) is 11.5 Å². The molecule has 1 atom stereocenters. The molecule has 0 aliphatic carbocycles. The SMILES string of the molecule is CC/C=C(\CCCC(CC)NC)CC(C)(C)C. The van der Waals surface area contributed by atoms with Crippen molar-refractivity contribution in [2.24, 2.45) is 5.41 Å². The molecule has 0 aliphatic heterocycles. The van der Waals surface area contributed by atoms with E-state index in [-0.39, 0.29) is 0 Å². The summed E-state index contributed by atoms with van der Waals surface area (Å²) in [5, 5.41) is 3.39. The van der Waals surface area contributed by atoms with Crippen LogP contribution in [0.3, 0.4) is 0 Å². The van der Waals surface area contributed by atoms with Crippen molar-refractivity contribution in [3.05, 3.63) is 11.6 Å². The van der Waals surface area contributed by atoms with Crippen molar-refractivity contribution >= 4 is 0 Å². The Labute approximate surface area is 109 Å². The molecule has 0 rings (SSSR count). The Morgan fingerprint density at radius 2 is 1.88 bits per heavy atom. The van der Waals surface area contributed by atoms with Gasteiger partial charge in [0.2, 0.25) is 0 Å².